The van der Waals surface area contributed by atoms with Crippen molar-refractivity contribution in [1.29, 1.82) is 0 Å². The lowest BCUT2D eigenvalue weighted by Gasteiger charge is -2.21. The van der Waals surface area contributed by atoms with Crippen LogP contribution in [-0.4, -0.2) is 31.8 Å². The fraction of sp³-hybridized carbons (Fsp3) is 0.312. The van der Waals surface area contributed by atoms with Crippen LogP contribution >= 0.6 is 0 Å². The molecule has 7 heteroatoms. The smallest absolute Gasteiger partial charge is 0.411 e. The lowest BCUT2D eigenvalue weighted by Crippen LogP contribution is -2.34. The normalized spacial score (nSPS) is 16.2. The number of hydrogen-bond acceptors (Lipinski definition) is 4. The standard InChI is InChI=1S/C16H17N3O4/c1-2-18-8-12-13(17-18)9-19(14(12)15(20)21)16(22)23-10-11-6-4-3-5-7-11/h3-8,14H,2,9-10H2,1H3,(H,20,21). The molecule has 1 aromatic heterocycles. The number of aryl methyl sites for hydroxylation is 1. The highest BCUT2D eigenvalue weighted by Gasteiger charge is 2.41. The van der Waals surface area contributed by atoms with Gasteiger partial charge in [-0.2, -0.15) is 5.10 Å². The molecule has 2 heterocycles. The Morgan fingerprint density at radius 3 is 2.74 bits per heavy atom. The van der Waals surface area contributed by atoms with E-state index in [4.69, 9.17) is 4.74 Å². The van der Waals surface area contributed by atoms with E-state index in [1.54, 1.807) is 10.9 Å². The number of aromatic nitrogens is 2. The molecule has 7 nitrogen and oxygen atoms in total. The van der Waals surface area contributed by atoms with Gasteiger partial charge < -0.3 is 9.84 Å². The number of carboxylic acids is 1. The van der Waals surface area contributed by atoms with E-state index in [0.29, 0.717) is 17.8 Å². The van der Waals surface area contributed by atoms with Crippen LogP contribution in [0.2, 0.25) is 0 Å². The van der Waals surface area contributed by atoms with Crippen LogP contribution in [0.25, 0.3) is 0 Å². The van der Waals surface area contributed by atoms with Crippen LogP contribution in [0.15, 0.2) is 36.5 Å². The molecule has 0 spiro atoms. The third-order valence-corrected chi connectivity index (χ3v) is 3.79. The Morgan fingerprint density at radius 1 is 1.35 bits per heavy atom. The minimum atomic E-state index is -1.09. The Labute approximate surface area is 133 Å². The first-order chi connectivity index (χ1) is 11.1. The Hall–Kier alpha value is -2.83. The van der Waals surface area contributed by atoms with E-state index in [0.717, 1.165) is 5.56 Å². The van der Waals surface area contributed by atoms with Crippen molar-refractivity contribution >= 4 is 12.1 Å². The van der Waals surface area contributed by atoms with Gasteiger partial charge in [0, 0.05) is 18.3 Å². The van der Waals surface area contributed by atoms with Gasteiger partial charge in [0.25, 0.3) is 0 Å². The van der Waals surface area contributed by atoms with Crippen molar-refractivity contribution < 1.29 is 19.4 Å². The number of aliphatic carboxylic acids is 1. The molecule has 1 unspecified atom stereocenters. The number of rotatable bonds is 4. The molecular formula is C16H17N3O4. The number of ether oxygens (including phenoxy) is 1. The highest BCUT2D eigenvalue weighted by molar-refractivity contribution is 5.83. The second-order valence-corrected chi connectivity index (χ2v) is 5.30. The Kier molecular flexibility index (Phi) is 4.01. The van der Waals surface area contributed by atoms with Crippen molar-refractivity contribution in [3.63, 3.8) is 0 Å². The highest BCUT2D eigenvalue weighted by atomic mass is 16.6. The molecule has 1 aliphatic rings. The molecule has 120 valence electrons. The van der Waals surface area contributed by atoms with Crippen LogP contribution < -0.4 is 0 Å². The van der Waals surface area contributed by atoms with Crippen molar-refractivity contribution in [2.45, 2.75) is 32.7 Å². The van der Waals surface area contributed by atoms with E-state index in [1.165, 1.54) is 4.90 Å². The van der Waals surface area contributed by atoms with Crippen LogP contribution in [0.1, 0.15) is 29.8 Å². The number of amides is 1. The summed E-state index contributed by atoms with van der Waals surface area (Å²) < 4.78 is 6.91. The van der Waals surface area contributed by atoms with Crippen LogP contribution in [-0.2, 0) is 29.2 Å². The van der Waals surface area contributed by atoms with Gasteiger partial charge in [0.15, 0.2) is 6.04 Å². The molecule has 0 aliphatic carbocycles. The van der Waals surface area contributed by atoms with Gasteiger partial charge in [-0.05, 0) is 12.5 Å². The minimum absolute atomic E-state index is 0.106. The van der Waals surface area contributed by atoms with Gasteiger partial charge in [-0.15, -0.1) is 0 Å². The molecule has 1 N–H and O–H groups in total. The summed E-state index contributed by atoms with van der Waals surface area (Å²) in [6, 6.07) is 8.20. The number of carbonyl (C=O) groups is 2. The molecule has 0 bridgehead atoms. The topological polar surface area (TPSA) is 84.7 Å². The van der Waals surface area contributed by atoms with Gasteiger partial charge in [0.2, 0.25) is 0 Å². The summed E-state index contributed by atoms with van der Waals surface area (Å²) in [4.78, 5) is 25.0. The first-order valence-corrected chi connectivity index (χ1v) is 7.36. The predicted molar refractivity (Wildman–Crippen MR) is 80.4 cm³/mol. The molecule has 1 atom stereocenters. The lowest BCUT2D eigenvalue weighted by molar-refractivity contribution is -0.142. The summed E-state index contributed by atoms with van der Waals surface area (Å²) in [5, 5.41) is 13.8. The predicted octanol–water partition coefficient (Wildman–Crippen LogP) is 2.18. The number of benzene rings is 1. The maximum atomic E-state index is 12.3. The monoisotopic (exact) mass is 315 g/mol. The van der Waals surface area contributed by atoms with Crippen molar-refractivity contribution in [2.75, 3.05) is 0 Å². The van der Waals surface area contributed by atoms with Crippen molar-refractivity contribution in [3.8, 4) is 0 Å². The fourth-order valence-corrected chi connectivity index (χ4v) is 2.65. The maximum absolute atomic E-state index is 12.3. The highest BCUT2D eigenvalue weighted by Crippen LogP contribution is 2.33. The molecule has 0 fully saturated rings. The zero-order valence-electron chi connectivity index (χ0n) is 12.7. The van der Waals surface area contributed by atoms with Gasteiger partial charge in [0.1, 0.15) is 6.61 Å². The largest absolute Gasteiger partial charge is 0.479 e. The van der Waals surface area contributed by atoms with Crippen molar-refractivity contribution in [1.82, 2.24) is 14.7 Å². The van der Waals surface area contributed by atoms with E-state index in [2.05, 4.69) is 5.10 Å². The first kappa shape index (κ1) is 15.1. The molecule has 1 amide bonds. The van der Waals surface area contributed by atoms with Gasteiger partial charge in [0.05, 0.1) is 12.2 Å². The summed E-state index contributed by atoms with van der Waals surface area (Å²) in [7, 11) is 0. The average Bonchev–Trinajstić information content (AvgIpc) is 3.10. The van der Waals surface area contributed by atoms with Crippen LogP contribution in [0.3, 0.4) is 0 Å². The molecule has 1 aromatic carbocycles. The summed E-state index contributed by atoms with van der Waals surface area (Å²) in [6.45, 7) is 2.82. The molecule has 3 rings (SSSR count). The number of hydrogen-bond donors (Lipinski definition) is 1. The molecule has 23 heavy (non-hydrogen) atoms. The summed E-state index contributed by atoms with van der Waals surface area (Å²) in [6.07, 6.45) is 1.03. The summed E-state index contributed by atoms with van der Waals surface area (Å²) in [5.41, 5.74) is 2.01. The van der Waals surface area contributed by atoms with Crippen LogP contribution in [0.5, 0.6) is 0 Å². The zero-order chi connectivity index (χ0) is 16.4. The van der Waals surface area contributed by atoms with Crippen molar-refractivity contribution in [2.24, 2.45) is 0 Å². The third kappa shape index (κ3) is 2.90. The molecule has 0 saturated heterocycles. The zero-order valence-corrected chi connectivity index (χ0v) is 12.7. The van der Waals surface area contributed by atoms with Crippen LogP contribution in [0, 0.1) is 0 Å². The minimum Gasteiger partial charge on any atom is -0.479 e. The van der Waals surface area contributed by atoms with E-state index in [9.17, 15) is 14.7 Å². The average molecular weight is 315 g/mol. The second-order valence-electron chi connectivity index (χ2n) is 5.30. The molecule has 0 saturated carbocycles. The van der Waals surface area contributed by atoms with Gasteiger partial charge in [-0.25, -0.2) is 9.59 Å². The summed E-state index contributed by atoms with van der Waals surface area (Å²) in [5.74, 6) is -1.09. The third-order valence-electron chi connectivity index (χ3n) is 3.79. The second kappa shape index (κ2) is 6.12. The van der Waals surface area contributed by atoms with E-state index in [-0.39, 0.29) is 13.2 Å². The van der Waals surface area contributed by atoms with Gasteiger partial charge in [-0.3, -0.25) is 9.58 Å². The van der Waals surface area contributed by atoms with E-state index in [1.807, 2.05) is 37.3 Å². The van der Waals surface area contributed by atoms with Crippen molar-refractivity contribution in [3.05, 3.63) is 53.3 Å². The number of fused-ring (bicyclic) bond motifs is 1. The van der Waals surface area contributed by atoms with Crippen LogP contribution in [0.4, 0.5) is 4.79 Å². The number of nitrogens with zero attached hydrogens (tertiary/aromatic N) is 3. The Balaban J connectivity index is 1.73. The SMILES string of the molecule is CCn1cc2c(n1)CN(C(=O)OCc1ccccc1)C2C(=O)O. The number of carboxylic acid groups (broad SMARTS) is 1. The molecular weight excluding hydrogens is 298 g/mol. The van der Waals surface area contributed by atoms with E-state index >= 15 is 0 Å². The maximum Gasteiger partial charge on any atom is 0.411 e. The molecule has 1 aliphatic heterocycles. The Morgan fingerprint density at radius 2 is 2.09 bits per heavy atom. The first-order valence-electron chi connectivity index (χ1n) is 7.36. The fourth-order valence-electron chi connectivity index (χ4n) is 2.65. The Bertz CT molecular complexity index is 726. The van der Waals surface area contributed by atoms with E-state index < -0.39 is 18.1 Å². The number of carbonyl (C=O) groups excluding carboxylic acids is 1. The molecule has 2 aromatic rings. The van der Waals surface area contributed by atoms with Gasteiger partial charge >= 0.3 is 12.1 Å². The summed E-state index contributed by atoms with van der Waals surface area (Å²) >= 11 is 0. The van der Waals surface area contributed by atoms with Gasteiger partial charge in [-0.1, -0.05) is 30.3 Å². The quantitative estimate of drug-likeness (QED) is 0.935. The molecule has 0 radical (unpaired) electrons. The lowest BCUT2D eigenvalue weighted by atomic mass is 10.1.